The Kier molecular flexibility index (Phi) is 4.84. The average Bonchev–Trinajstić information content (AvgIpc) is 3.05. The highest BCUT2D eigenvalue weighted by atomic mass is 16.3. The zero-order valence-corrected chi connectivity index (χ0v) is 11.9. The summed E-state index contributed by atoms with van der Waals surface area (Å²) in [5, 5.41) is 3.37. The molecule has 0 unspecified atom stereocenters. The maximum Gasteiger partial charge on any atom is 0.122 e. The van der Waals surface area contributed by atoms with Crippen molar-refractivity contribution in [2.24, 2.45) is 5.92 Å². The van der Waals surface area contributed by atoms with Crippen molar-refractivity contribution in [2.75, 3.05) is 13.1 Å². The molecule has 0 radical (unpaired) electrons. The van der Waals surface area contributed by atoms with Gasteiger partial charge in [-0.3, -0.25) is 4.90 Å². The minimum atomic E-state index is 0.586. The van der Waals surface area contributed by atoms with Crippen LogP contribution in [0.15, 0.2) is 16.7 Å². The molecular weight excluding hydrogens is 224 g/mol. The number of hydrogen-bond donors (Lipinski definition) is 1. The predicted octanol–water partition coefficient (Wildman–Crippen LogP) is 3.01. The summed E-state index contributed by atoms with van der Waals surface area (Å²) in [7, 11) is 0. The zero-order valence-electron chi connectivity index (χ0n) is 11.9. The van der Waals surface area contributed by atoms with Crippen LogP contribution in [-0.4, -0.2) is 24.0 Å². The minimum Gasteiger partial charge on any atom is -0.468 e. The molecule has 0 atom stereocenters. The number of furan rings is 1. The second-order valence-corrected chi connectivity index (χ2v) is 5.62. The van der Waals surface area contributed by atoms with Crippen molar-refractivity contribution in [1.29, 1.82) is 0 Å². The summed E-state index contributed by atoms with van der Waals surface area (Å²) in [4.78, 5) is 2.53. The van der Waals surface area contributed by atoms with E-state index >= 15 is 0 Å². The molecule has 1 aromatic heterocycles. The number of hydrogen-bond acceptors (Lipinski definition) is 3. The molecule has 1 saturated carbocycles. The lowest BCUT2D eigenvalue weighted by Crippen LogP contribution is -2.32. The van der Waals surface area contributed by atoms with E-state index in [1.54, 1.807) is 0 Å². The third-order valence-electron chi connectivity index (χ3n) is 3.67. The van der Waals surface area contributed by atoms with Crippen LogP contribution in [-0.2, 0) is 13.1 Å². The van der Waals surface area contributed by atoms with Crippen molar-refractivity contribution >= 4 is 0 Å². The first-order chi connectivity index (χ1) is 8.70. The Hall–Kier alpha value is -0.800. The molecule has 1 heterocycles. The van der Waals surface area contributed by atoms with Crippen molar-refractivity contribution in [3.05, 3.63) is 23.7 Å². The third kappa shape index (κ3) is 3.85. The number of rotatable bonds is 8. The zero-order chi connectivity index (χ0) is 13.0. The van der Waals surface area contributed by atoms with Gasteiger partial charge >= 0.3 is 0 Å². The van der Waals surface area contributed by atoms with E-state index in [1.807, 2.05) is 6.26 Å². The molecule has 3 nitrogen and oxygen atoms in total. The van der Waals surface area contributed by atoms with Crippen molar-refractivity contribution in [3.63, 3.8) is 0 Å². The first kappa shape index (κ1) is 13.6. The highest BCUT2D eigenvalue weighted by molar-refractivity contribution is 5.17. The molecule has 1 N–H and O–H groups in total. The lowest BCUT2D eigenvalue weighted by atomic mass is 10.2. The number of nitrogens with zero attached hydrogens (tertiary/aromatic N) is 1. The fourth-order valence-electron chi connectivity index (χ4n) is 2.20. The average molecular weight is 250 g/mol. The lowest BCUT2D eigenvalue weighted by Gasteiger charge is -2.25. The van der Waals surface area contributed by atoms with Crippen molar-refractivity contribution < 1.29 is 4.42 Å². The Balaban J connectivity index is 1.94. The van der Waals surface area contributed by atoms with Gasteiger partial charge in [0.1, 0.15) is 5.76 Å². The Morgan fingerprint density at radius 2 is 2.22 bits per heavy atom. The van der Waals surface area contributed by atoms with E-state index in [2.05, 4.69) is 37.1 Å². The fraction of sp³-hybridized carbons (Fsp3) is 0.733. The molecule has 1 fully saturated rings. The molecule has 0 bridgehead atoms. The Morgan fingerprint density at radius 3 is 2.83 bits per heavy atom. The third-order valence-corrected chi connectivity index (χ3v) is 3.67. The van der Waals surface area contributed by atoms with Gasteiger partial charge in [-0.15, -0.1) is 0 Å². The van der Waals surface area contributed by atoms with Crippen LogP contribution in [0.2, 0.25) is 0 Å². The highest BCUT2D eigenvalue weighted by Gasteiger charge is 2.26. The SMILES string of the molecule is CCNCc1ccoc1CN(CC1CC1)C(C)C. The van der Waals surface area contributed by atoms with Gasteiger partial charge in [-0.2, -0.15) is 0 Å². The van der Waals surface area contributed by atoms with E-state index in [4.69, 9.17) is 4.42 Å². The summed E-state index contributed by atoms with van der Waals surface area (Å²) in [5.74, 6) is 2.06. The molecule has 0 saturated heterocycles. The smallest absolute Gasteiger partial charge is 0.122 e. The first-order valence-electron chi connectivity index (χ1n) is 7.20. The molecule has 0 spiro atoms. The van der Waals surface area contributed by atoms with Gasteiger partial charge in [0.15, 0.2) is 0 Å². The van der Waals surface area contributed by atoms with E-state index in [9.17, 15) is 0 Å². The van der Waals surface area contributed by atoms with Crippen LogP contribution in [0.3, 0.4) is 0 Å². The summed E-state index contributed by atoms with van der Waals surface area (Å²) in [6.45, 7) is 10.8. The molecule has 102 valence electrons. The summed E-state index contributed by atoms with van der Waals surface area (Å²) in [6, 6.07) is 2.68. The molecule has 2 rings (SSSR count). The van der Waals surface area contributed by atoms with Crippen LogP contribution >= 0.6 is 0 Å². The van der Waals surface area contributed by atoms with Gasteiger partial charge in [-0.25, -0.2) is 0 Å². The van der Waals surface area contributed by atoms with Crippen molar-refractivity contribution in [3.8, 4) is 0 Å². The molecular formula is C15H26N2O. The standard InChI is InChI=1S/C15H26N2O/c1-4-16-9-14-7-8-18-15(14)11-17(12(2)3)10-13-5-6-13/h7-8,12-13,16H,4-6,9-11H2,1-3H3. The molecule has 1 aliphatic carbocycles. The lowest BCUT2D eigenvalue weighted by molar-refractivity contribution is 0.187. The van der Waals surface area contributed by atoms with Gasteiger partial charge in [0.25, 0.3) is 0 Å². The van der Waals surface area contributed by atoms with Crippen LogP contribution in [0.4, 0.5) is 0 Å². The van der Waals surface area contributed by atoms with Crippen LogP contribution in [0.1, 0.15) is 44.9 Å². The minimum absolute atomic E-state index is 0.586. The Labute approximate surface area is 111 Å². The highest BCUT2D eigenvalue weighted by Crippen LogP contribution is 2.31. The monoisotopic (exact) mass is 250 g/mol. The second kappa shape index (κ2) is 6.39. The van der Waals surface area contributed by atoms with Gasteiger partial charge in [-0.05, 0) is 45.2 Å². The molecule has 3 heteroatoms. The van der Waals surface area contributed by atoms with Crippen LogP contribution in [0, 0.1) is 5.92 Å². The predicted molar refractivity (Wildman–Crippen MR) is 74.4 cm³/mol. The quantitative estimate of drug-likeness (QED) is 0.769. The second-order valence-electron chi connectivity index (χ2n) is 5.62. The van der Waals surface area contributed by atoms with Crippen LogP contribution in [0.25, 0.3) is 0 Å². The van der Waals surface area contributed by atoms with E-state index in [0.29, 0.717) is 6.04 Å². The van der Waals surface area contributed by atoms with E-state index < -0.39 is 0 Å². The van der Waals surface area contributed by atoms with E-state index in [-0.39, 0.29) is 0 Å². The molecule has 0 aromatic carbocycles. The Morgan fingerprint density at radius 1 is 1.44 bits per heavy atom. The fourth-order valence-corrected chi connectivity index (χ4v) is 2.20. The molecule has 1 aromatic rings. The van der Waals surface area contributed by atoms with E-state index in [1.165, 1.54) is 24.9 Å². The van der Waals surface area contributed by atoms with Crippen molar-refractivity contribution in [1.82, 2.24) is 10.2 Å². The van der Waals surface area contributed by atoms with Gasteiger partial charge in [0.2, 0.25) is 0 Å². The Bertz CT molecular complexity index is 355. The van der Waals surface area contributed by atoms with E-state index in [0.717, 1.165) is 31.3 Å². The van der Waals surface area contributed by atoms with Crippen LogP contribution in [0.5, 0.6) is 0 Å². The number of nitrogens with one attached hydrogen (secondary N) is 1. The molecule has 0 aliphatic heterocycles. The molecule has 1 aliphatic rings. The summed E-state index contributed by atoms with van der Waals surface area (Å²) in [6.07, 6.45) is 4.63. The van der Waals surface area contributed by atoms with Gasteiger partial charge < -0.3 is 9.73 Å². The molecule has 0 amide bonds. The van der Waals surface area contributed by atoms with Crippen LogP contribution < -0.4 is 5.32 Å². The van der Waals surface area contributed by atoms with Gasteiger partial charge in [0, 0.05) is 24.7 Å². The maximum atomic E-state index is 5.66. The normalized spacial score (nSPS) is 15.8. The topological polar surface area (TPSA) is 28.4 Å². The first-order valence-corrected chi connectivity index (χ1v) is 7.20. The van der Waals surface area contributed by atoms with Gasteiger partial charge in [0.05, 0.1) is 12.8 Å². The van der Waals surface area contributed by atoms with Gasteiger partial charge in [-0.1, -0.05) is 6.92 Å². The summed E-state index contributed by atoms with van der Waals surface area (Å²) >= 11 is 0. The summed E-state index contributed by atoms with van der Waals surface area (Å²) in [5.41, 5.74) is 1.30. The maximum absolute atomic E-state index is 5.66. The summed E-state index contributed by atoms with van der Waals surface area (Å²) < 4.78 is 5.66. The largest absolute Gasteiger partial charge is 0.468 e. The molecule has 18 heavy (non-hydrogen) atoms. The van der Waals surface area contributed by atoms with Crippen molar-refractivity contribution in [2.45, 2.75) is 52.7 Å².